The van der Waals surface area contributed by atoms with Crippen molar-refractivity contribution in [1.82, 2.24) is 10.1 Å². The standard InChI is InChI=1S/C8H15Cl4N2O4P/c9-1-4-13(5-2-10)17-19(15)16-8(7-12)14(18-19)6-3-11/h8H,1-7H2. The fourth-order valence-corrected chi connectivity index (χ4v) is 3.66. The molecule has 6 nitrogen and oxygen atoms in total. The summed E-state index contributed by atoms with van der Waals surface area (Å²) in [5.41, 5.74) is 0. The third kappa shape index (κ3) is 5.83. The van der Waals surface area contributed by atoms with Crippen LogP contribution in [0.25, 0.3) is 0 Å². The molecule has 1 aliphatic rings. The summed E-state index contributed by atoms with van der Waals surface area (Å²) in [6.07, 6.45) is -0.667. The van der Waals surface area contributed by atoms with Crippen molar-refractivity contribution in [3.63, 3.8) is 0 Å². The molecule has 0 saturated carbocycles. The monoisotopic (exact) mass is 374 g/mol. The maximum atomic E-state index is 12.3. The molecule has 0 aromatic rings. The van der Waals surface area contributed by atoms with Gasteiger partial charge in [-0.3, -0.25) is 4.52 Å². The first kappa shape index (κ1) is 18.2. The Kier molecular flexibility index (Phi) is 8.89. The highest BCUT2D eigenvalue weighted by molar-refractivity contribution is 7.48. The van der Waals surface area contributed by atoms with Crippen LogP contribution in [0.1, 0.15) is 0 Å². The maximum Gasteiger partial charge on any atom is 0.510 e. The van der Waals surface area contributed by atoms with Crippen LogP contribution in [0.15, 0.2) is 0 Å². The molecule has 1 aliphatic heterocycles. The van der Waals surface area contributed by atoms with E-state index in [2.05, 4.69) is 0 Å². The van der Waals surface area contributed by atoms with Crippen molar-refractivity contribution in [3.05, 3.63) is 0 Å². The van der Waals surface area contributed by atoms with Crippen molar-refractivity contribution in [3.8, 4) is 0 Å². The highest BCUT2D eigenvalue weighted by atomic mass is 35.5. The molecule has 0 amide bonds. The van der Waals surface area contributed by atoms with E-state index in [-0.39, 0.29) is 11.8 Å². The fourth-order valence-electron chi connectivity index (χ4n) is 1.33. The van der Waals surface area contributed by atoms with Gasteiger partial charge in [0.25, 0.3) is 0 Å². The predicted molar refractivity (Wildman–Crippen MR) is 75.8 cm³/mol. The van der Waals surface area contributed by atoms with Crippen LogP contribution in [0.2, 0.25) is 0 Å². The Labute approximate surface area is 132 Å². The van der Waals surface area contributed by atoms with Gasteiger partial charge < -0.3 is 0 Å². The second-order valence-electron chi connectivity index (χ2n) is 3.46. The molecule has 1 fully saturated rings. The van der Waals surface area contributed by atoms with Gasteiger partial charge in [0.05, 0.1) is 5.88 Å². The summed E-state index contributed by atoms with van der Waals surface area (Å²) in [5, 5.41) is 2.65. The predicted octanol–water partition coefficient (Wildman–Crippen LogP) is 2.87. The molecule has 0 spiro atoms. The van der Waals surface area contributed by atoms with E-state index < -0.39 is 14.1 Å². The van der Waals surface area contributed by atoms with Gasteiger partial charge in [0.1, 0.15) is 0 Å². The van der Waals surface area contributed by atoms with Crippen LogP contribution in [0, 0.1) is 0 Å². The number of halogens is 4. The number of phosphoric acid groups is 1. The number of hydrogen-bond acceptors (Lipinski definition) is 6. The third-order valence-corrected chi connectivity index (χ3v) is 4.21. The minimum atomic E-state index is -3.75. The molecule has 2 atom stereocenters. The lowest BCUT2D eigenvalue weighted by atomic mass is 10.6. The zero-order chi connectivity index (χ0) is 14.3. The minimum absolute atomic E-state index is 0.0786. The van der Waals surface area contributed by atoms with Gasteiger partial charge >= 0.3 is 7.82 Å². The Morgan fingerprint density at radius 3 is 2.26 bits per heavy atom. The van der Waals surface area contributed by atoms with Crippen molar-refractivity contribution in [2.24, 2.45) is 0 Å². The zero-order valence-electron chi connectivity index (χ0n) is 10.0. The Hall–Kier alpha value is 1.19. The van der Waals surface area contributed by atoms with Gasteiger partial charge in [-0.2, -0.15) is 14.3 Å². The molecule has 1 heterocycles. The number of nitrogens with zero attached hydrogens (tertiary/aromatic N) is 2. The number of alkyl halides is 4. The summed E-state index contributed by atoms with van der Waals surface area (Å²) in [6, 6.07) is 0. The first-order chi connectivity index (χ1) is 9.08. The summed E-state index contributed by atoms with van der Waals surface area (Å²) in [5.74, 6) is 0.946. The van der Waals surface area contributed by atoms with Crippen LogP contribution in [-0.4, -0.2) is 59.5 Å². The van der Waals surface area contributed by atoms with E-state index in [9.17, 15) is 4.57 Å². The van der Waals surface area contributed by atoms with Crippen molar-refractivity contribution in [2.45, 2.75) is 6.23 Å². The van der Waals surface area contributed by atoms with Gasteiger partial charge in [-0.1, -0.05) is 0 Å². The summed E-state index contributed by atoms with van der Waals surface area (Å²) in [7, 11) is -3.75. The molecule has 0 bridgehead atoms. The van der Waals surface area contributed by atoms with Crippen molar-refractivity contribution >= 4 is 54.2 Å². The van der Waals surface area contributed by atoms with Crippen LogP contribution in [0.3, 0.4) is 0 Å². The Balaban J connectivity index is 2.62. The van der Waals surface area contributed by atoms with Gasteiger partial charge in [0.15, 0.2) is 6.23 Å². The van der Waals surface area contributed by atoms with E-state index in [1.165, 1.54) is 10.1 Å². The fraction of sp³-hybridized carbons (Fsp3) is 1.00. The molecule has 0 aromatic heterocycles. The lowest BCUT2D eigenvalue weighted by molar-refractivity contribution is -0.106. The maximum absolute atomic E-state index is 12.3. The average molecular weight is 376 g/mol. The zero-order valence-corrected chi connectivity index (χ0v) is 13.9. The van der Waals surface area contributed by atoms with E-state index in [1.54, 1.807) is 0 Å². The Bertz CT molecular complexity index is 308. The van der Waals surface area contributed by atoms with Crippen molar-refractivity contribution in [1.29, 1.82) is 0 Å². The highest BCUT2D eigenvalue weighted by Crippen LogP contribution is 2.57. The number of hydrogen-bond donors (Lipinski definition) is 0. The Morgan fingerprint density at radius 2 is 1.79 bits per heavy atom. The molecular formula is C8H15Cl4N2O4P. The largest absolute Gasteiger partial charge is 0.510 e. The summed E-state index contributed by atoms with van der Waals surface area (Å²) in [4.78, 5) is 0. The highest BCUT2D eigenvalue weighted by Gasteiger charge is 2.46. The Morgan fingerprint density at radius 1 is 1.16 bits per heavy atom. The second-order valence-corrected chi connectivity index (χ2v) is 6.34. The summed E-state index contributed by atoms with van der Waals surface area (Å²) >= 11 is 22.5. The van der Waals surface area contributed by atoms with Crippen LogP contribution in [-0.2, 0) is 18.3 Å². The first-order valence-corrected chi connectivity index (χ1v) is 9.11. The topological polar surface area (TPSA) is 51.2 Å². The summed E-state index contributed by atoms with van der Waals surface area (Å²) < 4.78 is 27.9. The molecule has 114 valence electrons. The molecule has 11 heteroatoms. The van der Waals surface area contributed by atoms with Crippen LogP contribution in [0.5, 0.6) is 0 Å². The molecule has 1 rings (SSSR count). The lowest BCUT2D eigenvalue weighted by Crippen LogP contribution is -2.32. The third-order valence-electron chi connectivity index (χ3n) is 2.10. The molecule has 0 aliphatic carbocycles. The van der Waals surface area contributed by atoms with E-state index in [0.717, 1.165) is 0 Å². The van der Waals surface area contributed by atoms with E-state index >= 15 is 0 Å². The van der Waals surface area contributed by atoms with Crippen LogP contribution in [0.4, 0.5) is 0 Å². The number of hydroxylamine groups is 4. The van der Waals surface area contributed by atoms with E-state index in [0.29, 0.717) is 31.4 Å². The molecule has 2 unspecified atom stereocenters. The summed E-state index contributed by atoms with van der Waals surface area (Å²) in [6.45, 7) is 0.995. The van der Waals surface area contributed by atoms with Crippen LogP contribution < -0.4 is 0 Å². The van der Waals surface area contributed by atoms with E-state index in [4.69, 9.17) is 60.2 Å². The van der Waals surface area contributed by atoms with Gasteiger partial charge in [0.2, 0.25) is 0 Å². The normalized spacial score (nSPS) is 28.4. The molecule has 19 heavy (non-hydrogen) atoms. The SMILES string of the molecule is O=P1(ON(CCCl)CCCl)OC(CCl)N(CCCl)O1. The van der Waals surface area contributed by atoms with Crippen LogP contribution >= 0.6 is 54.2 Å². The smallest absolute Gasteiger partial charge is 0.262 e. The van der Waals surface area contributed by atoms with Gasteiger partial charge in [-0.25, -0.2) is 4.57 Å². The van der Waals surface area contributed by atoms with Gasteiger partial charge in [-0.15, -0.1) is 51.5 Å². The van der Waals surface area contributed by atoms with Gasteiger partial charge in [0, 0.05) is 37.3 Å². The lowest BCUT2D eigenvalue weighted by Gasteiger charge is -2.21. The molecule has 0 radical (unpaired) electrons. The van der Waals surface area contributed by atoms with Crippen molar-refractivity contribution < 1.29 is 18.3 Å². The number of rotatable bonds is 9. The minimum Gasteiger partial charge on any atom is -0.262 e. The quantitative estimate of drug-likeness (QED) is 0.351. The first-order valence-electron chi connectivity index (χ1n) is 5.52. The molecule has 1 saturated heterocycles. The second kappa shape index (κ2) is 9.26. The van der Waals surface area contributed by atoms with Crippen molar-refractivity contribution in [2.75, 3.05) is 43.2 Å². The molecule has 0 aromatic carbocycles. The van der Waals surface area contributed by atoms with E-state index in [1.807, 2.05) is 0 Å². The molecular weight excluding hydrogens is 361 g/mol. The average Bonchev–Trinajstić information content (AvgIpc) is 2.67. The van der Waals surface area contributed by atoms with Gasteiger partial charge in [-0.05, 0) is 0 Å². The molecule has 0 N–H and O–H groups in total.